The van der Waals surface area contributed by atoms with Crippen molar-refractivity contribution in [2.45, 2.75) is 27.2 Å². The van der Waals surface area contributed by atoms with E-state index in [1.54, 1.807) is 17.7 Å². The second-order valence-electron chi connectivity index (χ2n) is 6.23. The van der Waals surface area contributed by atoms with Crippen LogP contribution in [0.4, 0.5) is 0 Å². The molecule has 0 N–H and O–H groups in total. The number of nitrogens with zero attached hydrogens (tertiary/aromatic N) is 2. The Hall–Kier alpha value is -1.10. The van der Waals surface area contributed by atoms with Crippen LogP contribution in [0.1, 0.15) is 37.7 Å². The number of hydrogen-bond acceptors (Lipinski definition) is 2. The van der Waals surface area contributed by atoms with Crippen molar-refractivity contribution in [1.29, 1.82) is 0 Å². The SMILES string of the molecule is Cn1cc(Br)cc1C(=O)N1CC(C(C)(C)C)CC1=O. The molecule has 1 aromatic rings. The summed E-state index contributed by atoms with van der Waals surface area (Å²) in [6.45, 7) is 6.85. The number of aryl methyl sites for hydroxylation is 1. The number of imide groups is 1. The number of carbonyl (C=O) groups excluding carboxylic acids is 2. The van der Waals surface area contributed by atoms with Gasteiger partial charge < -0.3 is 4.57 Å². The predicted octanol–water partition coefficient (Wildman–Crippen LogP) is 2.82. The van der Waals surface area contributed by atoms with Gasteiger partial charge in [0.05, 0.1) is 0 Å². The molecule has 2 rings (SSSR count). The van der Waals surface area contributed by atoms with E-state index < -0.39 is 0 Å². The van der Waals surface area contributed by atoms with Crippen LogP contribution in [0.5, 0.6) is 0 Å². The normalized spacial score (nSPS) is 20.2. The average molecular weight is 327 g/mol. The lowest BCUT2D eigenvalue weighted by molar-refractivity contribution is -0.125. The molecule has 1 aliphatic heterocycles. The van der Waals surface area contributed by atoms with Crippen molar-refractivity contribution in [2.75, 3.05) is 6.54 Å². The van der Waals surface area contributed by atoms with E-state index in [0.29, 0.717) is 18.7 Å². The summed E-state index contributed by atoms with van der Waals surface area (Å²) in [6.07, 6.45) is 2.27. The molecule has 2 amide bonds. The van der Waals surface area contributed by atoms with Crippen LogP contribution < -0.4 is 0 Å². The van der Waals surface area contributed by atoms with Gasteiger partial charge in [0, 0.05) is 30.7 Å². The second-order valence-corrected chi connectivity index (χ2v) is 7.15. The summed E-state index contributed by atoms with van der Waals surface area (Å²) in [7, 11) is 1.81. The zero-order chi connectivity index (χ0) is 14.4. The molecule has 1 fully saturated rings. The molecular formula is C14H19BrN2O2. The van der Waals surface area contributed by atoms with Gasteiger partial charge in [-0.05, 0) is 33.3 Å². The van der Waals surface area contributed by atoms with Gasteiger partial charge in [-0.2, -0.15) is 0 Å². The summed E-state index contributed by atoms with van der Waals surface area (Å²) in [5.41, 5.74) is 0.578. The molecule has 1 unspecified atom stereocenters. The van der Waals surface area contributed by atoms with E-state index >= 15 is 0 Å². The molecule has 1 atom stereocenters. The van der Waals surface area contributed by atoms with Crippen molar-refractivity contribution in [2.24, 2.45) is 18.4 Å². The highest BCUT2D eigenvalue weighted by Crippen LogP contribution is 2.34. The smallest absolute Gasteiger partial charge is 0.277 e. The summed E-state index contributed by atoms with van der Waals surface area (Å²) in [5.74, 6) is -0.0418. The van der Waals surface area contributed by atoms with E-state index in [2.05, 4.69) is 36.7 Å². The highest BCUT2D eigenvalue weighted by Gasteiger charge is 2.40. The van der Waals surface area contributed by atoms with Crippen LogP contribution in [0.2, 0.25) is 0 Å². The molecule has 0 bridgehead atoms. The fraction of sp³-hybridized carbons (Fsp3) is 0.571. The number of hydrogen-bond donors (Lipinski definition) is 0. The van der Waals surface area contributed by atoms with Crippen LogP contribution in [0.3, 0.4) is 0 Å². The minimum absolute atomic E-state index is 0.0412. The molecule has 0 aromatic carbocycles. The minimum atomic E-state index is -0.204. The first-order valence-corrected chi connectivity index (χ1v) is 7.16. The van der Waals surface area contributed by atoms with Crippen molar-refractivity contribution in [3.05, 3.63) is 22.4 Å². The third kappa shape index (κ3) is 2.76. The summed E-state index contributed by atoms with van der Waals surface area (Å²) in [6, 6.07) is 1.75. The van der Waals surface area contributed by atoms with Crippen molar-refractivity contribution in [1.82, 2.24) is 9.47 Å². The van der Waals surface area contributed by atoms with Crippen LogP contribution in [0.15, 0.2) is 16.7 Å². The minimum Gasteiger partial charge on any atom is -0.345 e. The Morgan fingerprint density at radius 2 is 2.05 bits per heavy atom. The Morgan fingerprint density at radius 1 is 1.42 bits per heavy atom. The number of halogens is 1. The summed E-state index contributed by atoms with van der Waals surface area (Å²) in [4.78, 5) is 25.9. The van der Waals surface area contributed by atoms with Crippen molar-refractivity contribution >= 4 is 27.7 Å². The van der Waals surface area contributed by atoms with Gasteiger partial charge >= 0.3 is 0 Å². The number of aromatic nitrogens is 1. The van der Waals surface area contributed by atoms with Gasteiger partial charge in [0.15, 0.2) is 0 Å². The molecule has 5 heteroatoms. The molecular weight excluding hydrogens is 308 g/mol. The highest BCUT2D eigenvalue weighted by atomic mass is 79.9. The average Bonchev–Trinajstić information content (AvgIpc) is 2.80. The molecule has 104 valence electrons. The lowest BCUT2D eigenvalue weighted by Gasteiger charge is -2.26. The van der Waals surface area contributed by atoms with E-state index in [1.165, 1.54) is 4.90 Å². The van der Waals surface area contributed by atoms with Crippen molar-refractivity contribution in [3.63, 3.8) is 0 Å². The number of carbonyl (C=O) groups is 2. The van der Waals surface area contributed by atoms with Gasteiger partial charge in [0.2, 0.25) is 5.91 Å². The van der Waals surface area contributed by atoms with Gasteiger partial charge in [0.25, 0.3) is 5.91 Å². The molecule has 19 heavy (non-hydrogen) atoms. The van der Waals surface area contributed by atoms with Crippen molar-refractivity contribution < 1.29 is 9.59 Å². The maximum Gasteiger partial charge on any atom is 0.277 e. The Morgan fingerprint density at radius 3 is 2.47 bits per heavy atom. The molecule has 2 heterocycles. The molecule has 1 aromatic heterocycles. The molecule has 0 aliphatic carbocycles. The number of rotatable bonds is 1. The van der Waals surface area contributed by atoms with Crippen LogP contribution in [-0.2, 0) is 11.8 Å². The largest absolute Gasteiger partial charge is 0.345 e. The van der Waals surface area contributed by atoms with Gasteiger partial charge in [-0.25, -0.2) is 0 Å². The van der Waals surface area contributed by atoms with E-state index in [1.807, 2.05) is 6.20 Å². The summed E-state index contributed by atoms with van der Waals surface area (Å²) >= 11 is 3.34. The fourth-order valence-corrected chi connectivity index (χ4v) is 2.88. The first-order valence-electron chi connectivity index (χ1n) is 6.36. The van der Waals surface area contributed by atoms with Gasteiger partial charge in [0.1, 0.15) is 5.69 Å². The Balaban J connectivity index is 2.22. The number of likely N-dealkylation sites (tertiary alicyclic amines) is 1. The molecule has 4 nitrogen and oxygen atoms in total. The van der Waals surface area contributed by atoms with Crippen LogP contribution in [0.25, 0.3) is 0 Å². The Kier molecular flexibility index (Phi) is 3.60. The first kappa shape index (κ1) is 14.3. The van der Waals surface area contributed by atoms with E-state index in [9.17, 15) is 9.59 Å². The molecule has 0 radical (unpaired) electrons. The molecule has 1 saturated heterocycles. The standard InChI is InChI=1S/C14H19BrN2O2/c1-14(2,3)9-5-12(18)17(7-9)13(19)11-6-10(15)8-16(11)4/h6,8-9H,5,7H2,1-4H3. The van der Waals surface area contributed by atoms with E-state index in [4.69, 9.17) is 0 Å². The fourth-order valence-electron chi connectivity index (χ4n) is 2.36. The maximum atomic E-state index is 12.4. The molecule has 1 aliphatic rings. The van der Waals surface area contributed by atoms with Crippen LogP contribution >= 0.6 is 15.9 Å². The monoisotopic (exact) mass is 326 g/mol. The lowest BCUT2D eigenvalue weighted by Crippen LogP contribution is -2.34. The Bertz CT molecular complexity index is 528. The van der Waals surface area contributed by atoms with Crippen LogP contribution in [-0.4, -0.2) is 27.8 Å². The predicted molar refractivity (Wildman–Crippen MR) is 76.7 cm³/mol. The van der Waals surface area contributed by atoms with Gasteiger partial charge in [-0.3, -0.25) is 14.5 Å². The second kappa shape index (κ2) is 4.78. The highest BCUT2D eigenvalue weighted by molar-refractivity contribution is 9.10. The maximum absolute atomic E-state index is 12.4. The van der Waals surface area contributed by atoms with Crippen LogP contribution in [0, 0.1) is 11.3 Å². The van der Waals surface area contributed by atoms with Crippen molar-refractivity contribution in [3.8, 4) is 0 Å². The Labute approximate surface area is 121 Å². The molecule has 0 saturated carbocycles. The first-order chi connectivity index (χ1) is 8.70. The topological polar surface area (TPSA) is 42.3 Å². The van der Waals surface area contributed by atoms with E-state index in [-0.39, 0.29) is 23.1 Å². The third-order valence-electron chi connectivity index (χ3n) is 3.79. The summed E-state index contributed by atoms with van der Waals surface area (Å²) in [5, 5.41) is 0. The third-order valence-corrected chi connectivity index (χ3v) is 4.22. The van der Waals surface area contributed by atoms with E-state index in [0.717, 1.165) is 4.47 Å². The quantitative estimate of drug-likeness (QED) is 0.745. The zero-order valence-corrected chi connectivity index (χ0v) is 13.3. The summed E-state index contributed by atoms with van der Waals surface area (Å²) < 4.78 is 2.58. The molecule has 0 spiro atoms. The zero-order valence-electron chi connectivity index (χ0n) is 11.7. The number of amides is 2. The van der Waals surface area contributed by atoms with Gasteiger partial charge in [-0.1, -0.05) is 20.8 Å². The lowest BCUT2D eigenvalue weighted by atomic mass is 9.80. The van der Waals surface area contributed by atoms with Gasteiger partial charge in [-0.15, -0.1) is 0 Å².